The number of amides is 3. The largest absolute Gasteiger partial charge is 0.486 e. The molecule has 2 aromatic carbocycles. The minimum atomic E-state index is -0.979. The molecule has 0 saturated carbocycles. The maximum Gasteiger partial charge on any atom is 0.263 e. The SMILES string of the molecule is Cc1cccc(NC(=O)CN2N=N[C@H]3C(=O)N(c4ccc5c(c4)OCCO5)C(=O)[C@@H]32)c1. The van der Waals surface area contributed by atoms with Crippen LogP contribution in [-0.4, -0.2) is 54.6 Å². The number of ether oxygens (including phenoxy) is 2. The summed E-state index contributed by atoms with van der Waals surface area (Å²) in [4.78, 5) is 39.5. The Hall–Kier alpha value is -3.95. The number of hydrogen-bond donors (Lipinski definition) is 1. The Morgan fingerprint density at radius 2 is 1.90 bits per heavy atom. The minimum Gasteiger partial charge on any atom is -0.486 e. The number of aryl methyl sites for hydroxylation is 1. The van der Waals surface area contributed by atoms with Crippen molar-refractivity contribution in [3.63, 3.8) is 0 Å². The van der Waals surface area contributed by atoms with E-state index in [4.69, 9.17) is 9.47 Å². The molecule has 3 amide bonds. The van der Waals surface area contributed by atoms with Crippen molar-refractivity contribution in [1.82, 2.24) is 5.01 Å². The number of benzene rings is 2. The molecule has 1 saturated heterocycles. The van der Waals surface area contributed by atoms with E-state index in [1.807, 2.05) is 25.1 Å². The third-order valence-corrected chi connectivity index (χ3v) is 5.25. The molecule has 2 atom stereocenters. The van der Waals surface area contributed by atoms with Gasteiger partial charge in [0.25, 0.3) is 11.8 Å². The number of nitrogens with zero attached hydrogens (tertiary/aromatic N) is 4. The van der Waals surface area contributed by atoms with Crippen LogP contribution >= 0.6 is 0 Å². The molecule has 0 spiro atoms. The molecule has 10 nitrogen and oxygen atoms in total. The van der Waals surface area contributed by atoms with Crippen LogP contribution in [0.25, 0.3) is 0 Å². The van der Waals surface area contributed by atoms with Crippen molar-refractivity contribution >= 4 is 29.1 Å². The Morgan fingerprint density at radius 3 is 2.71 bits per heavy atom. The molecule has 1 N–H and O–H groups in total. The standard InChI is InChI=1S/C21H19N5O5/c1-12-3-2-4-13(9-12)22-17(27)11-25-19-18(23-24-25)20(28)26(21(19)29)14-5-6-15-16(10-14)31-8-7-30-15/h2-6,9-10,18-19H,7-8,11H2,1H3,(H,22,27)/t18-,19-/m1/s1. The van der Waals surface area contributed by atoms with Crippen LogP contribution in [-0.2, 0) is 14.4 Å². The summed E-state index contributed by atoms with van der Waals surface area (Å²) >= 11 is 0. The van der Waals surface area contributed by atoms with E-state index in [1.165, 1.54) is 5.01 Å². The van der Waals surface area contributed by atoms with E-state index in [-0.39, 0.29) is 12.5 Å². The van der Waals surface area contributed by atoms with Crippen LogP contribution < -0.4 is 19.7 Å². The molecule has 2 aromatic rings. The van der Waals surface area contributed by atoms with Crippen molar-refractivity contribution in [3.8, 4) is 11.5 Å². The predicted octanol–water partition coefficient (Wildman–Crippen LogP) is 1.70. The normalized spacial score (nSPS) is 21.5. The first-order valence-electron chi connectivity index (χ1n) is 9.83. The molecule has 3 heterocycles. The van der Waals surface area contributed by atoms with Crippen LogP contribution in [0, 0.1) is 6.92 Å². The van der Waals surface area contributed by atoms with Gasteiger partial charge in [0, 0.05) is 11.8 Å². The molecule has 0 radical (unpaired) electrons. The van der Waals surface area contributed by atoms with Gasteiger partial charge in [0.2, 0.25) is 5.91 Å². The smallest absolute Gasteiger partial charge is 0.263 e. The van der Waals surface area contributed by atoms with E-state index in [1.54, 1.807) is 24.3 Å². The van der Waals surface area contributed by atoms with Gasteiger partial charge in [0.1, 0.15) is 19.8 Å². The maximum atomic E-state index is 13.1. The van der Waals surface area contributed by atoms with Gasteiger partial charge in [-0.1, -0.05) is 17.4 Å². The highest BCUT2D eigenvalue weighted by molar-refractivity contribution is 6.25. The predicted molar refractivity (Wildman–Crippen MR) is 109 cm³/mol. The second-order valence-corrected chi connectivity index (χ2v) is 7.45. The first kappa shape index (κ1) is 19.0. The lowest BCUT2D eigenvalue weighted by atomic mass is 10.1. The molecule has 0 aliphatic carbocycles. The van der Waals surface area contributed by atoms with Gasteiger partial charge in [-0.2, -0.15) is 5.11 Å². The van der Waals surface area contributed by atoms with Gasteiger partial charge in [-0.25, -0.2) is 4.90 Å². The molecular weight excluding hydrogens is 402 g/mol. The van der Waals surface area contributed by atoms with Crippen molar-refractivity contribution in [2.45, 2.75) is 19.0 Å². The zero-order valence-corrected chi connectivity index (χ0v) is 16.6. The molecule has 0 unspecified atom stereocenters. The summed E-state index contributed by atoms with van der Waals surface area (Å²) in [5.41, 5.74) is 2.02. The Balaban J connectivity index is 1.32. The van der Waals surface area contributed by atoms with Gasteiger partial charge < -0.3 is 14.8 Å². The number of anilines is 2. The lowest BCUT2D eigenvalue weighted by Gasteiger charge is -2.22. The van der Waals surface area contributed by atoms with Crippen LogP contribution in [0.15, 0.2) is 52.8 Å². The Bertz CT molecular complexity index is 1120. The van der Waals surface area contributed by atoms with E-state index in [0.717, 1.165) is 10.5 Å². The molecule has 10 heteroatoms. The number of imide groups is 1. The van der Waals surface area contributed by atoms with Crippen LogP contribution in [0.3, 0.4) is 0 Å². The van der Waals surface area contributed by atoms with Gasteiger partial charge in [0.05, 0.1) is 5.69 Å². The summed E-state index contributed by atoms with van der Waals surface area (Å²) in [5.74, 6) is -0.305. The molecule has 0 aromatic heterocycles. The molecule has 31 heavy (non-hydrogen) atoms. The van der Waals surface area contributed by atoms with Crippen molar-refractivity contribution in [3.05, 3.63) is 48.0 Å². The highest BCUT2D eigenvalue weighted by Crippen LogP contribution is 2.37. The van der Waals surface area contributed by atoms with E-state index < -0.39 is 23.9 Å². The number of carbonyl (C=O) groups is 3. The number of hydrogen-bond acceptors (Lipinski definition) is 8. The summed E-state index contributed by atoms with van der Waals surface area (Å²) < 4.78 is 11.0. The average Bonchev–Trinajstić information content (AvgIpc) is 3.27. The highest BCUT2D eigenvalue weighted by Gasteiger charge is 2.55. The summed E-state index contributed by atoms with van der Waals surface area (Å²) in [6, 6.07) is 10.3. The summed E-state index contributed by atoms with van der Waals surface area (Å²) in [6.45, 7) is 2.55. The third kappa shape index (κ3) is 3.35. The van der Waals surface area contributed by atoms with E-state index in [0.29, 0.717) is 36.1 Å². The molecule has 3 aliphatic rings. The quantitative estimate of drug-likeness (QED) is 0.752. The first-order valence-corrected chi connectivity index (χ1v) is 9.83. The van der Waals surface area contributed by atoms with Gasteiger partial charge in [-0.3, -0.25) is 19.4 Å². The molecule has 3 aliphatic heterocycles. The summed E-state index contributed by atoms with van der Waals surface area (Å²) in [5, 5.41) is 11.9. The monoisotopic (exact) mass is 421 g/mol. The van der Waals surface area contributed by atoms with Crippen LogP contribution in [0.1, 0.15) is 5.56 Å². The fourth-order valence-corrected chi connectivity index (χ4v) is 3.85. The fourth-order valence-electron chi connectivity index (χ4n) is 3.85. The Labute approximate surface area is 177 Å². The van der Waals surface area contributed by atoms with Crippen LogP contribution in [0.4, 0.5) is 11.4 Å². The number of nitrogens with one attached hydrogen (secondary N) is 1. The summed E-state index contributed by atoms with van der Waals surface area (Å²) in [7, 11) is 0. The highest BCUT2D eigenvalue weighted by atomic mass is 16.6. The zero-order valence-electron chi connectivity index (χ0n) is 16.6. The van der Waals surface area contributed by atoms with E-state index in [2.05, 4.69) is 15.7 Å². The number of rotatable bonds is 4. The average molecular weight is 421 g/mol. The molecule has 5 rings (SSSR count). The lowest BCUT2D eigenvalue weighted by Crippen LogP contribution is -2.43. The van der Waals surface area contributed by atoms with Crippen LogP contribution in [0.5, 0.6) is 11.5 Å². The Morgan fingerprint density at radius 1 is 1.10 bits per heavy atom. The van der Waals surface area contributed by atoms with Crippen molar-refractivity contribution < 1.29 is 23.9 Å². The first-order chi connectivity index (χ1) is 15.0. The van der Waals surface area contributed by atoms with Gasteiger partial charge in [-0.15, -0.1) is 0 Å². The second kappa shape index (κ2) is 7.38. The number of carbonyl (C=O) groups excluding carboxylic acids is 3. The second-order valence-electron chi connectivity index (χ2n) is 7.45. The fraction of sp³-hybridized carbons (Fsp3) is 0.286. The molecule has 158 valence electrons. The van der Waals surface area contributed by atoms with E-state index >= 15 is 0 Å². The van der Waals surface area contributed by atoms with Crippen molar-refractivity contribution in [2.75, 3.05) is 30.0 Å². The zero-order chi connectivity index (χ0) is 21.5. The maximum absolute atomic E-state index is 13.1. The van der Waals surface area contributed by atoms with Gasteiger partial charge >= 0.3 is 0 Å². The van der Waals surface area contributed by atoms with Crippen LogP contribution in [0.2, 0.25) is 0 Å². The molecule has 0 bridgehead atoms. The minimum absolute atomic E-state index is 0.202. The van der Waals surface area contributed by atoms with Gasteiger partial charge in [-0.05, 0) is 36.8 Å². The van der Waals surface area contributed by atoms with Crippen molar-refractivity contribution in [2.24, 2.45) is 10.3 Å². The summed E-state index contributed by atoms with van der Waals surface area (Å²) in [6.07, 6.45) is 0. The molecular formula is C21H19N5O5. The van der Waals surface area contributed by atoms with Crippen molar-refractivity contribution in [1.29, 1.82) is 0 Å². The Kier molecular flexibility index (Phi) is 4.54. The molecule has 1 fully saturated rings. The van der Waals surface area contributed by atoms with E-state index in [9.17, 15) is 14.4 Å². The lowest BCUT2D eigenvalue weighted by molar-refractivity contribution is -0.123. The topological polar surface area (TPSA) is 113 Å². The van der Waals surface area contributed by atoms with Gasteiger partial charge in [0.15, 0.2) is 23.6 Å². The third-order valence-electron chi connectivity index (χ3n) is 5.25. The number of fused-ring (bicyclic) bond motifs is 2.